The van der Waals surface area contributed by atoms with Crippen molar-refractivity contribution in [3.05, 3.63) is 108 Å². The van der Waals surface area contributed by atoms with Crippen LogP contribution in [0, 0.1) is 0 Å². The largest absolute Gasteiger partial charge is 0.356 e. The number of amides is 8. The fraction of sp³-hybridized carbons (Fsp3) is 0.340. The summed E-state index contributed by atoms with van der Waals surface area (Å²) in [7, 11) is 13.8. The van der Waals surface area contributed by atoms with E-state index in [2.05, 4.69) is 47.5 Å². The lowest BCUT2D eigenvalue weighted by atomic mass is 10.2. The third kappa shape index (κ3) is 13.7. The Morgan fingerprint density at radius 1 is 0.514 bits per heavy atom. The fourth-order valence-electron chi connectivity index (χ4n) is 7.58. The van der Waals surface area contributed by atoms with Crippen LogP contribution in [0.25, 0.3) is 0 Å². The van der Waals surface area contributed by atoms with Gasteiger partial charge in [-0.2, -0.15) is 0 Å². The molecule has 1 atom stereocenters. The van der Waals surface area contributed by atoms with E-state index in [1.54, 1.807) is 93.2 Å². The quantitative estimate of drug-likeness (QED) is 0.0438. The molecule has 0 aliphatic heterocycles. The summed E-state index contributed by atoms with van der Waals surface area (Å²) in [5.74, 6) is -3.25. The summed E-state index contributed by atoms with van der Waals surface area (Å²) in [5.41, 5.74) is 9.11. The number of carbonyl (C=O) groups excluding carboxylic acids is 8. The van der Waals surface area contributed by atoms with E-state index in [1.165, 1.54) is 50.2 Å². The summed E-state index contributed by atoms with van der Waals surface area (Å²) >= 11 is 0. The molecule has 0 spiro atoms. The number of nitrogens with two attached hydrogens (primary N) is 1. The molecular formula is C47H61N17O8. The Labute approximate surface area is 414 Å². The number of nitrogens with one attached hydrogen (secondary N) is 8. The highest BCUT2D eigenvalue weighted by Gasteiger charge is 2.22. The van der Waals surface area contributed by atoms with E-state index in [0.29, 0.717) is 35.0 Å². The average molecular weight is 992 g/mol. The molecule has 0 aromatic carbocycles. The molecule has 0 aliphatic rings. The molecule has 0 saturated heterocycles. The molecule has 6 aromatic heterocycles. The highest BCUT2D eigenvalue weighted by atomic mass is 16.2. The van der Waals surface area contributed by atoms with Gasteiger partial charge in [-0.15, -0.1) is 0 Å². The molecule has 6 heterocycles. The molecule has 382 valence electrons. The molecule has 10 N–H and O–H groups in total. The molecule has 25 heteroatoms. The second-order valence-corrected chi connectivity index (χ2v) is 17.5. The van der Waals surface area contributed by atoms with Crippen LogP contribution in [0.2, 0.25) is 0 Å². The number of hydrogen-bond donors (Lipinski definition) is 9. The topological polar surface area (TPSA) is 305 Å². The highest BCUT2D eigenvalue weighted by Crippen LogP contribution is 2.21. The molecule has 0 unspecified atom stereocenters. The van der Waals surface area contributed by atoms with E-state index in [9.17, 15) is 38.4 Å². The second kappa shape index (κ2) is 23.3. The van der Waals surface area contributed by atoms with E-state index in [0.717, 1.165) is 13.0 Å². The first kappa shape index (κ1) is 52.7. The Bertz CT molecular complexity index is 3000. The van der Waals surface area contributed by atoms with Crippen LogP contribution in [0.1, 0.15) is 82.3 Å². The summed E-state index contributed by atoms with van der Waals surface area (Å²) in [5, 5.41) is 22.0. The molecule has 6 aromatic rings. The van der Waals surface area contributed by atoms with Gasteiger partial charge in [0.05, 0.1) is 28.4 Å². The minimum absolute atomic E-state index is 0.0568. The molecule has 0 fully saturated rings. The maximum Gasteiger partial charge on any atom is 0.291 e. The zero-order valence-corrected chi connectivity index (χ0v) is 41.4. The fourth-order valence-corrected chi connectivity index (χ4v) is 7.58. The molecule has 0 radical (unpaired) electrons. The van der Waals surface area contributed by atoms with Crippen LogP contribution in [-0.4, -0.2) is 131 Å². The van der Waals surface area contributed by atoms with Crippen LogP contribution in [0.5, 0.6) is 0 Å². The number of imidazole rings is 1. The number of carbonyl (C=O) groups is 8. The number of aromatic nitrogens is 7. The SMILES string of the molecule is CN(C)CCCNC(=O)CCNC(=O)c1cc(NC(=O)c2cc(NC(=O)c3cc(NC(=O)C[C@H](N)CNC(=O)c4cc(NC(=O)c5cc(NC(=O)c6nccn6C)cn5C)cn4C)cn3C)cn2C)cn1C. The van der Waals surface area contributed by atoms with Gasteiger partial charge in [-0.25, -0.2) is 4.98 Å². The first-order valence-electron chi connectivity index (χ1n) is 22.7. The molecule has 72 heavy (non-hydrogen) atoms. The van der Waals surface area contributed by atoms with Gasteiger partial charge < -0.3 is 80.6 Å². The normalized spacial score (nSPS) is 11.5. The lowest BCUT2D eigenvalue weighted by Gasteiger charge is -2.12. The van der Waals surface area contributed by atoms with Crippen molar-refractivity contribution in [1.82, 2.24) is 53.2 Å². The number of rotatable bonds is 22. The van der Waals surface area contributed by atoms with Gasteiger partial charge in [0, 0.05) is 124 Å². The zero-order chi connectivity index (χ0) is 52.4. The van der Waals surface area contributed by atoms with Gasteiger partial charge in [-0.1, -0.05) is 0 Å². The Kier molecular flexibility index (Phi) is 17.0. The van der Waals surface area contributed by atoms with Crippen LogP contribution in [0.15, 0.2) is 73.7 Å². The van der Waals surface area contributed by atoms with Gasteiger partial charge in [0.2, 0.25) is 11.8 Å². The molecule has 0 saturated carbocycles. The summed E-state index contributed by atoms with van der Waals surface area (Å²) in [6.45, 7) is 1.48. The molecule has 6 rings (SSSR count). The molecular weight excluding hydrogens is 931 g/mol. The van der Waals surface area contributed by atoms with Crippen molar-refractivity contribution in [2.24, 2.45) is 48.0 Å². The monoisotopic (exact) mass is 991 g/mol. The van der Waals surface area contributed by atoms with E-state index < -0.39 is 47.4 Å². The predicted octanol–water partition coefficient (Wildman–Crippen LogP) is 1.40. The number of hydrogen-bond acceptors (Lipinski definition) is 11. The Morgan fingerprint density at radius 2 is 0.917 bits per heavy atom. The van der Waals surface area contributed by atoms with E-state index >= 15 is 0 Å². The van der Waals surface area contributed by atoms with Crippen LogP contribution in [0.3, 0.4) is 0 Å². The van der Waals surface area contributed by atoms with Crippen molar-refractivity contribution in [3.63, 3.8) is 0 Å². The van der Waals surface area contributed by atoms with Crippen molar-refractivity contribution in [1.29, 1.82) is 0 Å². The molecule has 0 aliphatic carbocycles. The second-order valence-electron chi connectivity index (χ2n) is 17.5. The highest BCUT2D eigenvalue weighted by molar-refractivity contribution is 6.09. The third-order valence-electron chi connectivity index (χ3n) is 11.2. The first-order chi connectivity index (χ1) is 34.1. The molecule has 25 nitrogen and oxygen atoms in total. The lowest BCUT2D eigenvalue weighted by molar-refractivity contribution is -0.121. The third-order valence-corrected chi connectivity index (χ3v) is 11.2. The van der Waals surface area contributed by atoms with Crippen LogP contribution >= 0.6 is 0 Å². The maximum absolute atomic E-state index is 13.4. The number of aryl methyl sites for hydroxylation is 6. The van der Waals surface area contributed by atoms with Gasteiger partial charge in [-0.3, -0.25) is 38.4 Å². The van der Waals surface area contributed by atoms with Crippen molar-refractivity contribution < 1.29 is 38.4 Å². The van der Waals surface area contributed by atoms with Crippen LogP contribution in [0.4, 0.5) is 28.4 Å². The zero-order valence-electron chi connectivity index (χ0n) is 41.4. The van der Waals surface area contributed by atoms with Gasteiger partial charge in [-0.05, 0) is 57.4 Å². The standard InChI is InChI=1S/C47H61N17O8/c1-58(2)14-9-11-49-39(65)10-12-51-42(67)34-18-30(24-60(34)4)54-45(70)37-20-32(26-63(37)7)56-44(69)36-17-29(23-62(36)6)53-40(66)16-28(48)22-52-43(68)35-19-31(25-61(35)5)55-46(71)38-21-33(27-64(38)8)57-47(72)41-50-13-15-59(41)3/h13,15,17-21,23-28H,9-12,14,16,22,48H2,1-8H3,(H,49,65)(H,51,67)(H,52,68)(H,53,66)(H,54,70)(H,55,71)(H,56,69)(H,57,72)/t28-/m0/s1. The molecule has 0 bridgehead atoms. The maximum atomic E-state index is 13.4. The van der Waals surface area contributed by atoms with Gasteiger partial charge in [0.1, 0.15) is 28.5 Å². The van der Waals surface area contributed by atoms with Crippen molar-refractivity contribution >= 4 is 75.7 Å². The van der Waals surface area contributed by atoms with E-state index in [4.69, 9.17) is 5.73 Å². The van der Waals surface area contributed by atoms with Crippen molar-refractivity contribution in [2.75, 3.05) is 66.9 Å². The Hall–Kier alpha value is -8.71. The summed E-state index contributed by atoms with van der Waals surface area (Å²) < 4.78 is 9.26. The van der Waals surface area contributed by atoms with Gasteiger partial charge in [0.25, 0.3) is 35.4 Å². The van der Waals surface area contributed by atoms with Gasteiger partial charge >= 0.3 is 0 Å². The van der Waals surface area contributed by atoms with Crippen molar-refractivity contribution in [2.45, 2.75) is 25.3 Å². The summed E-state index contributed by atoms with van der Waals surface area (Å²) in [6, 6.07) is 6.71. The average Bonchev–Trinajstić information content (AvgIpc) is 4.18. The van der Waals surface area contributed by atoms with Crippen LogP contribution in [-0.2, 0) is 51.9 Å². The van der Waals surface area contributed by atoms with Gasteiger partial charge in [0.15, 0.2) is 5.82 Å². The smallest absolute Gasteiger partial charge is 0.291 e. The number of anilines is 5. The van der Waals surface area contributed by atoms with E-state index in [1.807, 2.05) is 19.0 Å². The summed E-state index contributed by atoms with van der Waals surface area (Å²) in [4.78, 5) is 110. The minimum atomic E-state index is -0.781. The Balaban J connectivity index is 0.932. The lowest BCUT2D eigenvalue weighted by Crippen LogP contribution is -2.39. The number of nitrogens with zero attached hydrogens (tertiary/aromatic N) is 8. The molecule has 8 amide bonds. The Morgan fingerprint density at radius 3 is 1.33 bits per heavy atom. The predicted molar refractivity (Wildman–Crippen MR) is 269 cm³/mol. The van der Waals surface area contributed by atoms with Crippen molar-refractivity contribution in [3.8, 4) is 0 Å². The summed E-state index contributed by atoms with van der Waals surface area (Å²) in [6.07, 6.45) is 11.8. The minimum Gasteiger partial charge on any atom is -0.356 e. The van der Waals surface area contributed by atoms with Crippen LogP contribution < -0.4 is 48.3 Å². The first-order valence-corrected chi connectivity index (χ1v) is 22.7. The van der Waals surface area contributed by atoms with E-state index in [-0.39, 0.29) is 66.1 Å².